The smallest absolute Gasteiger partial charge is 0.137 e. The van der Waals surface area contributed by atoms with Crippen molar-refractivity contribution in [2.24, 2.45) is 0 Å². The van der Waals surface area contributed by atoms with Crippen LogP contribution < -0.4 is 16.0 Å². The van der Waals surface area contributed by atoms with Crippen LogP contribution in [0.15, 0.2) is 162 Å². The minimum absolute atomic E-state index is 0.0776. The summed E-state index contributed by atoms with van der Waals surface area (Å²) in [7, 11) is 0. The van der Waals surface area contributed by atoms with Gasteiger partial charge in [-0.05, 0) is 47.5 Å². The van der Waals surface area contributed by atoms with E-state index in [1.54, 1.807) is 0 Å². The molecular formula is C45H32N4OS. The maximum absolute atomic E-state index is 6.35. The first-order chi connectivity index (χ1) is 25.3. The summed E-state index contributed by atoms with van der Waals surface area (Å²) in [4.78, 5) is 0. The quantitative estimate of drug-likeness (QED) is 0.174. The number of nitrogens with zero attached hydrogens (tertiary/aromatic N) is 1. The number of furan rings is 1. The predicted octanol–water partition coefficient (Wildman–Crippen LogP) is 11.2. The first-order valence-corrected chi connectivity index (χ1v) is 18.3. The molecule has 1 fully saturated rings. The van der Waals surface area contributed by atoms with Crippen LogP contribution in [0.25, 0.3) is 69.6 Å². The van der Waals surface area contributed by atoms with E-state index in [0.29, 0.717) is 0 Å². The highest BCUT2D eigenvalue weighted by atomic mass is 32.1. The minimum Gasteiger partial charge on any atom is -0.456 e. The van der Waals surface area contributed by atoms with E-state index in [1.165, 1.54) is 47.6 Å². The zero-order valence-electron chi connectivity index (χ0n) is 27.5. The topological polar surface area (TPSA) is 54.2 Å². The van der Waals surface area contributed by atoms with Crippen LogP contribution in [0.4, 0.5) is 0 Å². The molecule has 6 heteroatoms. The Morgan fingerprint density at radius 2 is 1.12 bits per heavy atom. The Hall–Kier alpha value is -5.76. The summed E-state index contributed by atoms with van der Waals surface area (Å²) in [5.41, 5.74) is 8.87. The highest BCUT2D eigenvalue weighted by Gasteiger charge is 2.32. The molecular weight excluding hydrogens is 645 g/mol. The fraction of sp³-hybridized carbons (Fsp3) is 0.0667. The second-order valence-electron chi connectivity index (χ2n) is 13.4. The number of rotatable bonds is 4. The molecule has 1 saturated heterocycles. The standard InChI is InChI=1S/C45H32N4OS/c1-2-12-27(13-3-1)43-46-44(48-45(47-43)35-19-10-17-32-31-15-6-9-23-40(31)51-42(32)35)34-18-11-21-37-41(34)33-16-4-7-20-36(33)49(37)28-24-25-30-29-14-5-8-22-38(29)50-39(30)26-28/h1-26,43-48H. The lowest BCUT2D eigenvalue weighted by molar-refractivity contribution is 0.205. The molecule has 0 spiro atoms. The highest BCUT2D eigenvalue weighted by molar-refractivity contribution is 7.26. The number of aromatic nitrogens is 1. The summed E-state index contributed by atoms with van der Waals surface area (Å²) in [6.07, 6.45) is -0.324. The fourth-order valence-corrected chi connectivity index (χ4v) is 9.50. The molecule has 1 aliphatic heterocycles. The molecule has 1 aliphatic rings. The van der Waals surface area contributed by atoms with Gasteiger partial charge in [0.25, 0.3) is 0 Å². The van der Waals surface area contributed by atoms with Gasteiger partial charge >= 0.3 is 0 Å². The molecule has 0 amide bonds. The Bertz CT molecular complexity index is 2940. The number of fused-ring (bicyclic) bond motifs is 9. The maximum atomic E-state index is 6.35. The summed E-state index contributed by atoms with van der Waals surface area (Å²) in [6.45, 7) is 0. The van der Waals surface area contributed by atoms with Crippen LogP contribution in [0.2, 0.25) is 0 Å². The van der Waals surface area contributed by atoms with Gasteiger partial charge < -0.3 is 8.98 Å². The van der Waals surface area contributed by atoms with Gasteiger partial charge in [0.1, 0.15) is 11.2 Å². The molecule has 0 aliphatic carbocycles. The first-order valence-electron chi connectivity index (χ1n) is 17.5. The van der Waals surface area contributed by atoms with Gasteiger partial charge in [0, 0.05) is 59.0 Å². The van der Waals surface area contributed by atoms with E-state index in [9.17, 15) is 0 Å². The Balaban J connectivity index is 1.09. The van der Waals surface area contributed by atoms with Gasteiger partial charge in [-0.3, -0.25) is 16.0 Å². The van der Waals surface area contributed by atoms with E-state index in [-0.39, 0.29) is 18.5 Å². The highest BCUT2D eigenvalue weighted by Crippen LogP contribution is 2.42. The molecule has 3 aromatic heterocycles. The molecule has 11 rings (SSSR count). The van der Waals surface area contributed by atoms with Crippen LogP contribution in [-0.2, 0) is 0 Å². The van der Waals surface area contributed by atoms with Crippen molar-refractivity contribution in [3.8, 4) is 5.69 Å². The van der Waals surface area contributed by atoms with Crippen LogP contribution in [0.3, 0.4) is 0 Å². The number of hydrogen-bond acceptors (Lipinski definition) is 5. The van der Waals surface area contributed by atoms with Crippen LogP contribution in [0.5, 0.6) is 0 Å². The van der Waals surface area contributed by atoms with E-state index >= 15 is 0 Å². The molecule has 51 heavy (non-hydrogen) atoms. The van der Waals surface area contributed by atoms with Crippen molar-refractivity contribution in [3.05, 3.63) is 174 Å². The Morgan fingerprint density at radius 1 is 0.471 bits per heavy atom. The van der Waals surface area contributed by atoms with Crippen molar-refractivity contribution in [1.82, 2.24) is 20.5 Å². The van der Waals surface area contributed by atoms with Gasteiger partial charge in [0.15, 0.2) is 0 Å². The van der Waals surface area contributed by atoms with Gasteiger partial charge in [-0.15, -0.1) is 11.3 Å². The average molecular weight is 677 g/mol. The SMILES string of the molecule is c1ccc(C2NC(c3cccc4c3sc3ccccc34)NC(c3cccc4c3c3ccccc3n4-c3ccc4c(c3)oc3ccccc34)N2)cc1. The zero-order valence-corrected chi connectivity index (χ0v) is 28.3. The van der Waals surface area contributed by atoms with Gasteiger partial charge in [0.05, 0.1) is 29.5 Å². The minimum atomic E-state index is -0.146. The Morgan fingerprint density at radius 3 is 2.02 bits per heavy atom. The zero-order chi connectivity index (χ0) is 33.5. The number of benzene rings is 7. The summed E-state index contributed by atoms with van der Waals surface area (Å²) >= 11 is 1.87. The summed E-state index contributed by atoms with van der Waals surface area (Å²) < 4.78 is 11.4. The van der Waals surface area contributed by atoms with E-state index in [0.717, 1.165) is 38.7 Å². The molecule has 244 valence electrons. The number of nitrogens with one attached hydrogen (secondary N) is 3. The molecule has 4 heterocycles. The lowest BCUT2D eigenvalue weighted by Crippen LogP contribution is -2.54. The second kappa shape index (κ2) is 11.4. The third kappa shape index (κ3) is 4.51. The van der Waals surface area contributed by atoms with Crippen molar-refractivity contribution >= 4 is 75.3 Å². The van der Waals surface area contributed by atoms with Crippen LogP contribution in [0, 0.1) is 0 Å². The number of thiophene rings is 1. The summed E-state index contributed by atoms with van der Waals surface area (Å²) in [5.74, 6) is 0. The summed E-state index contributed by atoms with van der Waals surface area (Å²) in [5, 5.41) is 19.3. The van der Waals surface area contributed by atoms with Gasteiger partial charge in [0.2, 0.25) is 0 Å². The van der Waals surface area contributed by atoms with Crippen LogP contribution in [-0.4, -0.2) is 4.57 Å². The molecule has 0 bridgehead atoms. The third-order valence-corrected chi connectivity index (χ3v) is 11.8. The van der Waals surface area contributed by atoms with E-state index < -0.39 is 0 Å². The van der Waals surface area contributed by atoms with Crippen molar-refractivity contribution in [2.75, 3.05) is 0 Å². The largest absolute Gasteiger partial charge is 0.456 e. The van der Waals surface area contributed by atoms with E-state index in [4.69, 9.17) is 4.42 Å². The lowest BCUT2D eigenvalue weighted by atomic mass is 10.00. The molecule has 7 aromatic carbocycles. The monoisotopic (exact) mass is 676 g/mol. The van der Waals surface area contributed by atoms with Gasteiger partial charge in [-0.1, -0.05) is 115 Å². The van der Waals surface area contributed by atoms with Gasteiger partial charge in [-0.2, -0.15) is 0 Å². The van der Waals surface area contributed by atoms with Gasteiger partial charge in [-0.25, -0.2) is 0 Å². The third-order valence-electron chi connectivity index (χ3n) is 10.5. The Kier molecular flexibility index (Phi) is 6.48. The first kappa shape index (κ1) is 29.0. The predicted molar refractivity (Wildman–Crippen MR) is 211 cm³/mol. The molecule has 10 aromatic rings. The second-order valence-corrected chi connectivity index (χ2v) is 14.5. The van der Waals surface area contributed by atoms with E-state index in [1.807, 2.05) is 23.5 Å². The van der Waals surface area contributed by atoms with E-state index in [2.05, 4.69) is 166 Å². The molecule has 0 radical (unpaired) electrons. The molecule has 3 atom stereocenters. The molecule has 3 unspecified atom stereocenters. The normalized spacial score (nSPS) is 18.2. The molecule has 0 saturated carbocycles. The summed E-state index contributed by atoms with van der Waals surface area (Å²) in [6, 6.07) is 56.5. The number of hydrogen-bond donors (Lipinski definition) is 3. The molecule has 3 N–H and O–H groups in total. The Labute approximate surface area is 297 Å². The van der Waals surface area contributed by atoms with Crippen LogP contribution in [0.1, 0.15) is 35.2 Å². The number of para-hydroxylation sites is 2. The van der Waals surface area contributed by atoms with Crippen molar-refractivity contribution in [3.63, 3.8) is 0 Å². The average Bonchev–Trinajstić information content (AvgIpc) is 3.87. The van der Waals surface area contributed by atoms with Crippen molar-refractivity contribution < 1.29 is 4.42 Å². The van der Waals surface area contributed by atoms with Crippen LogP contribution >= 0.6 is 11.3 Å². The van der Waals surface area contributed by atoms with Crippen molar-refractivity contribution in [1.29, 1.82) is 0 Å². The fourth-order valence-electron chi connectivity index (χ4n) is 8.26. The van der Waals surface area contributed by atoms with Crippen molar-refractivity contribution in [2.45, 2.75) is 18.5 Å². The maximum Gasteiger partial charge on any atom is 0.137 e. The lowest BCUT2D eigenvalue weighted by Gasteiger charge is -2.40. The molecule has 5 nitrogen and oxygen atoms in total.